The second-order valence-corrected chi connectivity index (χ2v) is 8.16. The summed E-state index contributed by atoms with van der Waals surface area (Å²) >= 11 is 0. The molecule has 6 heteroatoms. The third-order valence-corrected chi connectivity index (χ3v) is 5.05. The van der Waals surface area contributed by atoms with E-state index in [1.54, 1.807) is 0 Å². The second-order valence-electron chi connectivity index (χ2n) is 8.16. The molecule has 0 aliphatic carbocycles. The van der Waals surface area contributed by atoms with Crippen molar-refractivity contribution in [2.45, 2.75) is 117 Å². The van der Waals surface area contributed by atoms with Crippen LogP contribution < -0.4 is 5.32 Å². The van der Waals surface area contributed by atoms with Crippen LogP contribution in [0.4, 0.5) is 0 Å². The van der Waals surface area contributed by atoms with E-state index >= 15 is 0 Å². The molecule has 29 heavy (non-hydrogen) atoms. The predicted octanol–water partition coefficient (Wildman–Crippen LogP) is 5.08. The fourth-order valence-electron chi connectivity index (χ4n) is 3.48. The Bertz CT molecular complexity index is 446. The van der Waals surface area contributed by atoms with Crippen LogP contribution in [0.2, 0.25) is 0 Å². The van der Waals surface area contributed by atoms with E-state index in [2.05, 4.69) is 12.2 Å². The number of carbonyl (C=O) groups excluding carboxylic acids is 3. The number of amides is 1. The van der Waals surface area contributed by atoms with Gasteiger partial charge in [0.2, 0.25) is 5.91 Å². The molecule has 170 valence electrons. The molecule has 1 amide bonds. The van der Waals surface area contributed by atoms with Crippen LogP contribution in [0.25, 0.3) is 0 Å². The lowest BCUT2D eigenvalue weighted by Gasteiger charge is -2.33. The summed E-state index contributed by atoms with van der Waals surface area (Å²) in [5.41, 5.74) is -0.859. The smallest absolute Gasteiger partial charge is 0.302 e. The molecular formula is C23H43NO5. The molecule has 0 saturated heterocycles. The molecule has 0 atom stereocenters. The molecule has 1 N–H and O–H groups in total. The van der Waals surface area contributed by atoms with Crippen molar-refractivity contribution in [3.05, 3.63) is 0 Å². The Morgan fingerprint density at radius 3 is 1.38 bits per heavy atom. The Morgan fingerprint density at radius 2 is 1.03 bits per heavy atom. The van der Waals surface area contributed by atoms with Gasteiger partial charge >= 0.3 is 11.9 Å². The van der Waals surface area contributed by atoms with E-state index in [0.29, 0.717) is 6.42 Å². The molecule has 0 aromatic heterocycles. The second kappa shape index (κ2) is 17.3. The summed E-state index contributed by atoms with van der Waals surface area (Å²) in [6.45, 7) is 6.33. The minimum atomic E-state index is -0.859. The molecule has 0 aromatic carbocycles. The number of nitrogens with one attached hydrogen (secondary N) is 1. The first-order valence-corrected chi connectivity index (χ1v) is 11.4. The van der Waals surface area contributed by atoms with Gasteiger partial charge in [-0.2, -0.15) is 0 Å². The molecule has 0 fully saturated rings. The maximum Gasteiger partial charge on any atom is 0.302 e. The lowest BCUT2D eigenvalue weighted by Crippen LogP contribution is -2.55. The molecule has 0 unspecified atom stereocenters. The molecule has 0 radical (unpaired) electrons. The minimum absolute atomic E-state index is 0.00717. The van der Waals surface area contributed by atoms with Crippen LogP contribution in [-0.2, 0) is 23.9 Å². The first kappa shape index (κ1) is 27.4. The SMILES string of the molecule is CCCCCCCCCCCCCCC(COC(C)=O)(COC(C)=O)NC(C)=O. The molecule has 6 nitrogen and oxygen atoms in total. The number of carbonyl (C=O) groups is 3. The minimum Gasteiger partial charge on any atom is -0.463 e. The van der Waals surface area contributed by atoms with E-state index in [-0.39, 0.29) is 19.1 Å². The van der Waals surface area contributed by atoms with Gasteiger partial charge in [0.1, 0.15) is 18.8 Å². The first-order chi connectivity index (χ1) is 13.8. The summed E-state index contributed by atoms with van der Waals surface area (Å²) in [6.07, 6.45) is 15.5. The highest BCUT2D eigenvalue weighted by molar-refractivity contribution is 5.74. The van der Waals surface area contributed by atoms with Gasteiger partial charge in [-0.15, -0.1) is 0 Å². The maximum atomic E-state index is 11.7. The predicted molar refractivity (Wildman–Crippen MR) is 116 cm³/mol. The lowest BCUT2D eigenvalue weighted by molar-refractivity contribution is -0.150. The monoisotopic (exact) mass is 413 g/mol. The molecule has 0 heterocycles. The molecule has 0 saturated carbocycles. The van der Waals surface area contributed by atoms with Crippen LogP contribution in [0, 0.1) is 0 Å². The summed E-state index contributed by atoms with van der Waals surface area (Å²) < 4.78 is 10.3. The van der Waals surface area contributed by atoms with Gasteiger partial charge in [0, 0.05) is 20.8 Å². The quantitative estimate of drug-likeness (QED) is 0.250. The van der Waals surface area contributed by atoms with E-state index in [0.717, 1.165) is 19.3 Å². The fraction of sp³-hybridized carbons (Fsp3) is 0.870. The van der Waals surface area contributed by atoms with E-state index in [4.69, 9.17) is 9.47 Å². The van der Waals surface area contributed by atoms with Crippen LogP contribution in [-0.4, -0.2) is 36.6 Å². The topological polar surface area (TPSA) is 81.7 Å². The third kappa shape index (κ3) is 17.0. The highest BCUT2D eigenvalue weighted by atomic mass is 16.5. The zero-order chi connectivity index (χ0) is 22.0. The highest BCUT2D eigenvalue weighted by Gasteiger charge is 2.33. The molecule has 0 rings (SSSR count). The molecule has 0 bridgehead atoms. The average Bonchev–Trinajstić information content (AvgIpc) is 2.65. The van der Waals surface area contributed by atoms with Gasteiger partial charge in [0.25, 0.3) is 0 Å². The summed E-state index contributed by atoms with van der Waals surface area (Å²) in [6, 6.07) is 0. The summed E-state index contributed by atoms with van der Waals surface area (Å²) in [4.78, 5) is 34.2. The van der Waals surface area contributed by atoms with Crippen LogP contribution in [0.3, 0.4) is 0 Å². The van der Waals surface area contributed by atoms with Gasteiger partial charge < -0.3 is 14.8 Å². The third-order valence-electron chi connectivity index (χ3n) is 5.05. The lowest BCUT2D eigenvalue weighted by atomic mass is 9.92. The fourth-order valence-corrected chi connectivity index (χ4v) is 3.48. The van der Waals surface area contributed by atoms with Crippen molar-refractivity contribution in [2.24, 2.45) is 0 Å². The molecule has 0 aliphatic rings. The standard InChI is InChI=1S/C23H43NO5/c1-5-6-7-8-9-10-11-12-13-14-15-16-17-23(24-20(2)25,18-28-21(3)26)19-29-22(4)27/h5-19H2,1-4H3,(H,24,25). The maximum absolute atomic E-state index is 11.7. The van der Waals surface area contributed by atoms with E-state index in [1.165, 1.54) is 78.6 Å². The van der Waals surface area contributed by atoms with Gasteiger partial charge in [-0.1, -0.05) is 84.0 Å². The Morgan fingerprint density at radius 1 is 0.655 bits per heavy atom. The van der Waals surface area contributed by atoms with Crippen LogP contribution in [0.15, 0.2) is 0 Å². The van der Waals surface area contributed by atoms with Crippen molar-refractivity contribution < 1.29 is 23.9 Å². The Kier molecular flexibility index (Phi) is 16.3. The van der Waals surface area contributed by atoms with E-state index in [9.17, 15) is 14.4 Å². The van der Waals surface area contributed by atoms with Gasteiger partial charge in [-0.25, -0.2) is 0 Å². The van der Waals surface area contributed by atoms with Crippen molar-refractivity contribution in [1.29, 1.82) is 0 Å². The largest absolute Gasteiger partial charge is 0.463 e. The molecule has 0 spiro atoms. The highest BCUT2D eigenvalue weighted by Crippen LogP contribution is 2.19. The normalized spacial score (nSPS) is 11.2. The number of hydrogen-bond acceptors (Lipinski definition) is 5. The van der Waals surface area contributed by atoms with Gasteiger partial charge in [0.15, 0.2) is 0 Å². The Hall–Kier alpha value is -1.59. The molecule has 0 aliphatic heterocycles. The number of ether oxygens (including phenoxy) is 2. The molecular weight excluding hydrogens is 370 g/mol. The van der Waals surface area contributed by atoms with Gasteiger partial charge in [0.05, 0.1) is 0 Å². The Balaban J connectivity index is 4.21. The van der Waals surface area contributed by atoms with Crippen LogP contribution in [0.5, 0.6) is 0 Å². The van der Waals surface area contributed by atoms with Gasteiger partial charge in [-0.3, -0.25) is 14.4 Å². The first-order valence-electron chi connectivity index (χ1n) is 11.4. The number of rotatable bonds is 18. The van der Waals surface area contributed by atoms with Gasteiger partial charge in [-0.05, 0) is 6.42 Å². The van der Waals surface area contributed by atoms with Crippen molar-refractivity contribution >= 4 is 17.8 Å². The summed E-state index contributed by atoms with van der Waals surface area (Å²) in [5.74, 6) is -1.07. The van der Waals surface area contributed by atoms with Crippen molar-refractivity contribution in [3.8, 4) is 0 Å². The number of unbranched alkanes of at least 4 members (excludes halogenated alkanes) is 11. The van der Waals surface area contributed by atoms with E-state index in [1.807, 2.05) is 0 Å². The van der Waals surface area contributed by atoms with Crippen LogP contribution in [0.1, 0.15) is 111 Å². The number of esters is 2. The van der Waals surface area contributed by atoms with Crippen molar-refractivity contribution in [1.82, 2.24) is 5.32 Å². The Labute approximate surface area is 177 Å². The summed E-state index contributed by atoms with van der Waals surface area (Å²) in [5, 5.41) is 2.85. The van der Waals surface area contributed by atoms with E-state index < -0.39 is 17.5 Å². The number of hydrogen-bond donors (Lipinski definition) is 1. The van der Waals surface area contributed by atoms with Crippen LogP contribution >= 0.6 is 0 Å². The summed E-state index contributed by atoms with van der Waals surface area (Å²) in [7, 11) is 0. The molecule has 0 aromatic rings. The zero-order valence-electron chi connectivity index (χ0n) is 19.1. The van der Waals surface area contributed by atoms with Crippen molar-refractivity contribution in [3.63, 3.8) is 0 Å². The van der Waals surface area contributed by atoms with Crippen molar-refractivity contribution in [2.75, 3.05) is 13.2 Å². The average molecular weight is 414 g/mol. The zero-order valence-corrected chi connectivity index (χ0v) is 19.1.